The van der Waals surface area contributed by atoms with E-state index >= 15 is 0 Å². The highest BCUT2D eigenvalue weighted by atomic mass is 15.0. The molecule has 2 aliphatic carbocycles. The van der Waals surface area contributed by atoms with E-state index in [1.54, 1.807) is 0 Å². The topological polar surface area (TPSA) is 4.93 Å². The summed E-state index contributed by atoms with van der Waals surface area (Å²) in [5, 5.41) is 2.58. The fraction of sp³-hybridized carbons (Fsp3) is 0.100. The standard InChI is InChI=1S/C40H29N/c1-40(2)34-14-6-3-12-32(34)38-31-23-20-26(24-33(31)30-13-9-15-35(40)39(30)38)25-18-21-27(22-19-25)41-36-16-7-4-10-28(36)29-11-5-8-17-37(29)41/h3-24,38H,1-2H3. The van der Waals surface area contributed by atoms with Crippen LogP contribution in [0, 0.1) is 0 Å². The molecule has 1 heteroatoms. The smallest absolute Gasteiger partial charge is 0.0541 e. The summed E-state index contributed by atoms with van der Waals surface area (Å²) in [6.07, 6.45) is 0. The Kier molecular flexibility index (Phi) is 4.51. The molecule has 0 N–H and O–H groups in total. The number of hydrogen-bond donors (Lipinski definition) is 0. The summed E-state index contributed by atoms with van der Waals surface area (Å²) in [6.45, 7) is 4.76. The average molecular weight is 524 g/mol. The van der Waals surface area contributed by atoms with Crippen molar-refractivity contribution in [3.63, 3.8) is 0 Å². The zero-order chi connectivity index (χ0) is 27.3. The quantitative estimate of drug-likeness (QED) is 0.212. The number of benzene rings is 6. The van der Waals surface area contributed by atoms with Gasteiger partial charge in [-0.05, 0) is 80.4 Å². The SMILES string of the molecule is CC1(C)c2ccccc2C2c3ccc(-c4ccc(-n5c6ccccc6c6ccccc65)cc4)cc3-c3cccc1c32. The fourth-order valence-corrected chi connectivity index (χ4v) is 7.82. The molecule has 1 unspecified atom stereocenters. The molecule has 0 radical (unpaired) electrons. The third kappa shape index (κ3) is 3.01. The van der Waals surface area contributed by atoms with E-state index in [0.717, 1.165) is 0 Å². The molecule has 41 heavy (non-hydrogen) atoms. The van der Waals surface area contributed by atoms with Crippen molar-refractivity contribution in [1.82, 2.24) is 4.57 Å². The second-order valence-corrected chi connectivity index (χ2v) is 12.1. The number of rotatable bonds is 2. The second-order valence-electron chi connectivity index (χ2n) is 12.1. The average Bonchev–Trinajstić information content (AvgIpc) is 3.53. The van der Waals surface area contributed by atoms with Crippen LogP contribution < -0.4 is 0 Å². The van der Waals surface area contributed by atoms with Crippen LogP contribution in [0.2, 0.25) is 0 Å². The van der Waals surface area contributed by atoms with Gasteiger partial charge in [0.2, 0.25) is 0 Å². The third-order valence-electron chi connectivity index (χ3n) is 9.71. The van der Waals surface area contributed by atoms with Crippen LogP contribution in [0.4, 0.5) is 0 Å². The highest BCUT2D eigenvalue weighted by Crippen LogP contribution is 2.57. The normalized spacial score (nSPS) is 16.0. The van der Waals surface area contributed by atoms with Gasteiger partial charge in [-0.3, -0.25) is 0 Å². The predicted octanol–water partition coefficient (Wildman–Crippen LogP) is 10.3. The molecule has 0 bridgehead atoms. The third-order valence-corrected chi connectivity index (χ3v) is 9.71. The summed E-state index contributed by atoms with van der Waals surface area (Å²) in [5.41, 5.74) is 16.3. The van der Waals surface area contributed by atoms with Gasteiger partial charge >= 0.3 is 0 Å². The second kappa shape index (κ2) is 8.08. The Morgan fingerprint density at radius 3 is 1.90 bits per heavy atom. The Bertz CT molecular complexity index is 2120. The van der Waals surface area contributed by atoms with Crippen LogP contribution in [0.5, 0.6) is 0 Å². The van der Waals surface area contributed by atoms with Crippen LogP contribution in [-0.4, -0.2) is 4.57 Å². The molecule has 1 heterocycles. The molecular weight excluding hydrogens is 494 g/mol. The van der Waals surface area contributed by atoms with Gasteiger partial charge in [-0.1, -0.05) is 117 Å². The Morgan fingerprint density at radius 2 is 1.15 bits per heavy atom. The summed E-state index contributed by atoms with van der Waals surface area (Å²) in [7, 11) is 0. The number of fused-ring (bicyclic) bond motifs is 8. The van der Waals surface area contributed by atoms with Gasteiger partial charge in [0.15, 0.2) is 0 Å². The van der Waals surface area contributed by atoms with Gasteiger partial charge < -0.3 is 4.57 Å². The maximum Gasteiger partial charge on any atom is 0.0541 e. The highest BCUT2D eigenvalue weighted by molar-refractivity contribution is 6.09. The molecule has 0 fully saturated rings. The van der Waals surface area contributed by atoms with E-state index in [-0.39, 0.29) is 5.41 Å². The molecule has 0 spiro atoms. The molecule has 2 aliphatic rings. The minimum atomic E-state index is -0.00799. The number of hydrogen-bond acceptors (Lipinski definition) is 0. The van der Waals surface area contributed by atoms with Gasteiger partial charge in [-0.15, -0.1) is 0 Å². The minimum absolute atomic E-state index is 0.00799. The monoisotopic (exact) mass is 523 g/mol. The van der Waals surface area contributed by atoms with Crippen LogP contribution in [0.3, 0.4) is 0 Å². The Balaban J connectivity index is 1.18. The lowest BCUT2D eigenvalue weighted by atomic mass is 9.65. The molecule has 0 aliphatic heterocycles. The Morgan fingerprint density at radius 1 is 0.512 bits per heavy atom. The highest BCUT2D eigenvalue weighted by Gasteiger charge is 2.43. The lowest BCUT2D eigenvalue weighted by Crippen LogP contribution is -2.28. The first-order chi connectivity index (χ1) is 20.1. The lowest BCUT2D eigenvalue weighted by Gasteiger charge is -2.38. The van der Waals surface area contributed by atoms with Crippen molar-refractivity contribution in [2.24, 2.45) is 0 Å². The van der Waals surface area contributed by atoms with E-state index in [1.165, 1.54) is 77.6 Å². The van der Waals surface area contributed by atoms with Gasteiger partial charge in [0.1, 0.15) is 0 Å². The van der Waals surface area contributed by atoms with Crippen molar-refractivity contribution in [3.8, 4) is 27.9 Å². The lowest BCUT2D eigenvalue weighted by molar-refractivity contribution is 0.601. The van der Waals surface area contributed by atoms with Crippen LogP contribution >= 0.6 is 0 Å². The molecule has 9 rings (SSSR count). The minimum Gasteiger partial charge on any atom is -0.309 e. The maximum absolute atomic E-state index is 2.42. The first-order valence-electron chi connectivity index (χ1n) is 14.6. The molecule has 0 saturated heterocycles. The summed E-state index contributed by atoms with van der Waals surface area (Å²) in [6, 6.07) is 49.6. The largest absolute Gasteiger partial charge is 0.309 e. The Hall–Kier alpha value is -4.88. The first kappa shape index (κ1) is 22.9. The molecule has 0 saturated carbocycles. The van der Waals surface area contributed by atoms with Gasteiger partial charge in [-0.2, -0.15) is 0 Å². The van der Waals surface area contributed by atoms with E-state index < -0.39 is 0 Å². The van der Waals surface area contributed by atoms with E-state index in [1.807, 2.05) is 0 Å². The van der Waals surface area contributed by atoms with E-state index in [0.29, 0.717) is 5.92 Å². The van der Waals surface area contributed by atoms with Crippen molar-refractivity contribution in [1.29, 1.82) is 0 Å². The van der Waals surface area contributed by atoms with Gasteiger partial charge in [0.05, 0.1) is 11.0 Å². The number of para-hydroxylation sites is 2. The van der Waals surface area contributed by atoms with E-state index in [9.17, 15) is 0 Å². The van der Waals surface area contributed by atoms with Crippen LogP contribution in [0.1, 0.15) is 47.6 Å². The summed E-state index contributed by atoms with van der Waals surface area (Å²) in [5.74, 6) is 0.312. The van der Waals surface area contributed by atoms with Crippen molar-refractivity contribution in [3.05, 3.63) is 161 Å². The van der Waals surface area contributed by atoms with Gasteiger partial charge in [0.25, 0.3) is 0 Å². The zero-order valence-corrected chi connectivity index (χ0v) is 23.2. The van der Waals surface area contributed by atoms with Crippen LogP contribution in [0.15, 0.2) is 133 Å². The molecule has 0 amide bonds. The van der Waals surface area contributed by atoms with Crippen molar-refractivity contribution in [2.45, 2.75) is 25.2 Å². The fourth-order valence-electron chi connectivity index (χ4n) is 7.82. The van der Waals surface area contributed by atoms with Gasteiger partial charge in [-0.25, -0.2) is 0 Å². The maximum atomic E-state index is 2.42. The molecule has 1 nitrogen and oxygen atoms in total. The molecule has 7 aromatic rings. The molecule has 1 aromatic heterocycles. The van der Waals surface area contributed by atoms with Crippen LogP contribution in [-0.2, 0) is 5.41 Å². The first-order valence-corrected chi connectivity index (χ1v) is 14.6. The van der Waals surface area contributed by atoms with Crippen LogP contribution in [0.25, 0.3) is 49.7 Å². The van der Waals surface area contributed by atoms with E-state index in [2.05, 4.69) is 152 Å². The molecule has 6 aromatic carbocycles. The van der Waals surface area contributed by atoms with Crippen molar-refractivity contribution >= 4 is 21.8 Å². The number of nitrogens with zero attached hydrogens (tertiary/aromatic N) is 1. The Labute approximate surface area is 240 Å². The zero-order valence-electron chi connectivity index (χ0n) is 23.2. The summed E-state index contributed by atoms with van der Waals surface area (Å²) < 4.78 is 2.38. The summed E-state index contributed by atoms with van der Waals surface area (Å²) in [4.78, 5) is 0. The van der Waals surface area contributed by atoms with Crippen molar-refractivity contribution < 1.29 is 0 Å². The summed E-state index contributed by atoms with van der Waals surface area (Å²) >= 11 is 0. The molecule has 194 valence electrons. The van der Waals surface area contributed by atoms with Crippen molar-refractivity contribution in [2.75, 3.05) is 0 Å². The molecule has 1 atom stereocenters. The van der Waals surface area contributed by atoms with Gasteiger partial charge in [0, 0.05) is 27.8 Å². The number of aromatic nitrogens is 1. The molecular formula is C40H29N. The van der Waals surface area contributed by atoms with E-state index in [4.69, 9.17) is 0 Å². The predicted molar refractivity (Wildman–Crippen MR) is 171 cm³/mol.